The average Bonchev–Trinajstić information content (AvgIpc) is 2.28. The maximum absolute atomic E-state index is 9.60. The molecular formula is C14H29NO2S. The van der Waals surface area contributed by atoms with Crippen LogP contribution < -0.4 is 5.32 Å². The molecule has 2 unspecified atom stereocenters. The van der Waals surface area contributed by atoms with Gasteiger partial charge in [0.2, 0.25) is 0 Å². The zero-order valence-electron chi connectivity index (χ0n) is 12.2. The van der Waals surface area contributed by atoms with Gasteiger partial charge in [-0.05, 0) is 26.2 Å². The zero-order chi connectivity index (χ0) is 13.6. The minimum Gasteiger partial charge on any atom is -0.394 e. The second-order valence-electron chi connectivity index (χ2n) is 5.98. The smallest absolute Gasteiger partial charge is 0.0611 e. The highest BCUT2D eigenvalue weighted by molar-refractivity contribution is 8.00. The predicted octanol–water partition coefficient (Wildman–Crippen LogP) is 2.43. The van der Waals surface area contributed by atoms with Crippen LogP contribution in [-0.2, 0) is 4.74 Å². The van der Waals surface area contributed by atoms with Gasteiger partial charge in [0.25, 0.3) is 0 Å². The molecule has 1 heterocycles. The van der Waals surface area contributed by atoms with Crippen molar-refractivity contribution >= 4 is 11.8 Å². The van der Waals surface area contributed by atoms with Crippen molar-refractivity contribution in [2.45, 2.75) is 69.0 Å². The fourth-order valence-corrected chi connectivity index (χ4v) is 4.27. The largest absolute Gasteiger partial charge is 0.394 e. The van der Waals surface area contributed by atoms with Crippen LogP contribution in [-0.4, -0.2) is 47.0 Å². The molecule has 0 aromatic heterocycles. The number of hydrogen-bond acceptors (Lipinski definition) is 4. The molecule has 1 rings (SSSR count). The van der Waals surface area contributed by atoms with Crippen molar-refractivity contribution < 1.29 is 9.84 Å². The van der Waals surface area contributed by atoms with E-state index in [2.05, 4.69) is 44.8 Å². The van der Waals surface area contributed by atoms with Crippen LogP contribution in [0.25, 0.3) is 0 Å². The van der Waals surface area contributed by atoms with Gasteiger partial charge in [-0.2, -0.15) is 11.8 Å². The van der Waals surface area contributed by atoms with E-state index in [0.717, 1.165) is 24.9 Å². The third-order valence-corrected chi connectivity index (χ3v) is 4.80. The first-order valence-electron chi connectivity index (χ1n) is 7.07. The van der Waals surface area contributed by atoms with Crippen LogP contribution in [0.5, 0.6) is 0 Å². The summed E-state index contributed by atoms with van der Waals surface area (Å²) in [6.45, 7) is 10.7. The van der Waals surface area contributed by atoms with Crippen LogP contribution in [0, 0.1) is 0 Å². The van der Waals surface area contributed by atoms with Gasteiger partial charge in [0.05, 0.1) is 6.61 Å². The number of aliphatic hydroxyl groups is 1. The molecule has 0 aromatic carbocycles. The van der Waals surface area contributed by atoms with Gasteiger partial charge in [-0.3, -0.25) is 0 Å². The Morgan fingerprint density at radius 2 is 1.94 bits per heavy atom. The van der Waals surface area contributed by atoms with E-state index in [1.807, 2.05) is 0 Å². The van der Waals surface area contributed by atoms with Crippen molar-refractivity contribution in [1.82, 2.24) is 5.32 Å². The number of rotatable bonds is 7. The summed E-state index contributed by atoms with van der Waals surface area (Å²) in [4.78, 5) is 0. The van der Waals surface area contributed by atoms with E-state index in [1.165, 1.54) is 12.8 Å². The molecule has 0 amide bonds. The molecule has 0 saturated carbocycles. The SMILES string of the molecule is CC(C)NC(C)(CO)CC(C)SC1CCOCC1. The molecule has 2 atom stereocenters. The molecule has 18 heavy (non-hydrogen) atoms. The van der Waals surface area contributed by atoms with Crippen LogP contribution in [0.1, 0.15) is 47.0 Å². The first kappa shape index (κ1) is 16.3. The van der Waals surface area contributed by atoms with Crippen LogP contribution >= 0.6 is 11.8 Å². The van der Waals surface area contributed by atoms with E-state index in [1.54, 1.807) is 0 Å². The fraction of sp³-hybridized carbons (Fsp3) is 1.00. The van der Waals surface area contributed by atoms with E-state index < -0.39 is 0 Å². The lowest BCUT2D eigenvalue weighted by Crippen LogP contribution is -2.50. The van der Waals surface area contributed by atoms with E-state index >= 15 is 0 Å². The quantitative estimate of drug-likeness (QED) is 0.749. The highest BCUT2D eigenvalue weighted by Crippen LogP contribution is 2.30. The minimum atomic E-state index is -0.161. The summed E-state index contributed by atoms with van der Waals surface area (Å²) >= 11 is 2.06. The third kappa shape index (κ3) is 5.91. The number of hydrogen-bond donors (Lipinski definition) is 2. The molecule has 0 aromatic rings. The van der Waals surface area contributed by atoms with Gasteiger partial charge in [0, 0.05) is 35.3 Å². The molecule has 1 aliphatic heterocycles. The Balaban J connectivity index is 2.38. The fourth-order valence-electron chi connectivity index (χ4n) is 2.69. The summed E-state index contributed by atoms with van der Waals surface area (Å²) in [5, 5.41) is 14.4. The van der Waals surface area contributed by atoms with Crippen LogP contribution in [0.2, 0.25) is 0 Å². The van der Waals surface area contributed by atoms with E-state index in [-0.39, 0.29) is 12.1 Å². The molecule has 3 nitrogen and oxygen atoms in total. The summed E-state index contributed by atoms with van der Waals surface area (Å²) in [7, 11) is 0. The van der Waals surface area contributed by atoms with E-state index in [9.17, 15) is 5.11 Å². The minimum absolute atomic E-state index is 0.161. The molecule has 0 spiro atoms. The molecule has 0 bridgehead atoms. The average molecular weight is 275 g/mol. The van der Waals surface area contributed by atoms with Gasteiger partial charge in [-0.25, -0.2) is 0 Å². The Morgan fingerprint density at radius 1 is 1.33 bits per heavy atom. The lowest BCUT2D eigenvalue weighted by atomic mass is 9.96. The van der Waals surface area contributed by atoms with Crippen molar-refractivity contribution in [1.29, 1.82) is 0 Å². The molecule has 108 valence electrons. The molecule has 0 aliphatic carbocycles. The van der Waals surface area contributed by atoms with Gasteiger partial charge in [0.1, 0.15) is 0 Å². The maximum atomic E-state index is 9.60. The van der Waals surface area contributed by atoms with Crippen LogP contribution in [0.15, 0.2) is 0 Å². The van der Waals surface area contributed by atoms with Crippen molar-refractivity contribution in [3.8, 4) is 0 Å². The normalized spacial score (nSPS) is 23.0. The summed E-state index contributed by atoms with van der Waals surface area (Å²) in [5.74, 6) is 0. The highest BCUT2D eigenvalue weighted by atomic mass is 32.2. The Morgan fingerprint density at radius 3 is 2.44 bits per heavy atom. The number of ether oxygens (including phenoxy) is 1. The summed E-state index contributed by atoms with van der Waals surface area (Å²) in [6, 6.07) is 0.405. The number of nitrogens with one attached hydrogen (secondary N) is 1. The molecule has 0 radical (unpaired) electrons. The van der Waals surface area contributed by atoms with Gasteiger partial charge in [-0.15, -0.1) is 0 Å². The number of aliphatic hydroxyl groups excluding tert-OH is 1. The predicted molar refractivity (Wildman–Crippen MR) is 79.3 cm³/mol. The Hall–Kier alpha value is 0.230. The highest BCUT2D eigenvalue weighted by Gasteiger charge is 2.28. The first-order chi connectivity index (χ1) is 8.45. The van der Waals surface area contributed by atoms with E-state index in [0.29, 0.717) is 11.3 Å². The van der Waals surface area contributed by atoms with Crippen molar-refractivity contribution in [3.63, 3.8) is 0 Å². The second kappa shape index (κ2) is 7.73. The zero-order valence-corrected chi connectivity index (χ0v) is 13.1. The second-order valence-corrected chi connectivity index (χ2v) is 7.72. The monoisotopic (exact) mass is 275 g/mol. The standard InChI is InChI=1S/C14H29NO2S/c1-11(2)15-14(4,10-16)9-12(3)18-13-5-7-17-8-6-13/h11-13,15-16H,5-10H2,1-4H3. The molecule has 2 N–H and O–H groups in total. The summed E-state index contributed by atoms with van der Waals surface area (Å²) < 4.78 is 5.39. The van der Waals surface area contributed by atoms with Crippen molar-refractivity contribution in [2.24, 2.45) is 0 Å². The van der Waals surface area contributed by atoms with E-state index in [4.69, 9.17) is 4.74 Å². The van der Waals surface area contributed by atoms with Gasteiger partial charge >= 0.3 is 0 Å². The molecule has 1 fully saturated rings. The van der Waals surface area contributed by atoms with Crippen molar-refractivity contribution in [3.05, 3.63) is 0 Å². The Labute approximate surface area is 116 Å². The topological polar surface area (TPSA) is 41.5 Å². The Bertz CT molecular complexity index is 232. The van der Waals surface area contributed by atoms with Gasteiger partial charge < -0.3 is 15.2 Å². The summed E-state index contributed by atoms with van der Waals surface area (Å²) in [6.07, 6.45) is 3.34. The lowest BCUT2D eigenvalue weighted by molar-refractivity contribution is 0.0998. The lowest BCUT2D eigenvalue weighted by Gasteiger charge is -2.35. The molecule has 4 heteroatoms. The first-order valence-corrected chi connectivity index (χ1v) is 8.01. The number of thioether (sulfide) groups is 1. The summed E-state index contributed by atoms with van der Waals surface area (Å²) in [5.41, 5.74) is -0.161. The third-order valence-electron chi connectivity index (χ3n) is 3.32. The molecular weight excluding hydrogens is 246 g/mol. The molecule has 1 saturated heterocycles. The Kier molecular flexibility index (Phi) is 6.99. The van der Waals surface area contributed by atoms with Gasteiger partial charge in [0.15, 0.2) is 0 Å². The van der Waals surface area contributed by atoms with Crippen LogP contribution in [0.3, 0.4) is 0 Å². The molecule has 1 aliphatic rings. The van der Waals surface area contributed by atoms with Crippen LogP contribution in [0.4, 0.5) is 0 Å². The van der Waals surface area contributed by atoms with Crippen molar-refractivity contribution in [2.75, 3.05) is 19.8 Å². The van der Waals surface area contributed by atoms with Gasteiger partial charge in [-0.1, -0.05) is 20.8 Å². The maximum Gasteiger partial charge on any atom is 0.0611 e.